The molecule has 2 N–H and O–H groups in total. The molecule has 3 aromatic carbocycles. The Morgan fingerprint density at radius 3 is 2.19 bits per heavy atom. The largest absolute Gasteiger partial charge is 0.345 e. The lowest BCUT2D eigenvalue weighted by molar-refractivity contribution is -0.121. The summed E-state index contributed by atoms with van der Waals surface area (Å²) in [4.78, 5) is 25.5. The van der Waals surface area contributed by atoms with Gasteiger partial charge in [0.1, 0.15) is 0 Å². The van der Waals surface area contributed by atoms with Crippen LogP contribution in [0.3, 0.4) is 0 Å². The first-order valence-electron chi connectivity index (χ1n) is 11.9. The average Bonchev–Trinajstić information content (AvgIpc) is 3.17. The number of hydrogen-bond donors (Lipinski definition) is 2. The lowest BCUT2D eigenvalue weighted by Gasteiger charge is -2.18. The maximum Gasteiger partial charge on any atom is 0.251 e. The van der Waals surface area contributed by atoms with E-state index in [-0.39, 0.29) is 18.2 Å². The zero-order valence-electron chi connectivity index (χ0n) is 20.7. The molecule has 182 valence electrons. The van der Waals surface area contributed by atoms with E-state index in [4.69, 9.17) is 0 Å². The quantitative estimate of drug-likeness (QED) is 0.262. The third-order valence-corrected chi connectivity index (χ3v) is 6.09. The first kappa shape index (κ1) is 24.7. The smallest absolute Gasteiger partial charge is 0.251 e. The second-order valence-corrected chi connectivity index (χ2v) is 8.80. The summed E-state index contributed by atoms with van der Waals surface area (Å²) in [6, 6.07) is 28.3. The van der Waals surface area contributed by atoms with Crippen molar-refractivity contribution in [1.29, 1.82) is 0 Å². The number of amides is 2. The van der Waals surface area contributed by atoms with Gasteiger partial charge in [-0.3, -0.25) is 9.59 Å². The van der Waals surface area contributed by atoms with Crippen molar-refractivity contribution < 1.29 is 9.59 Å². The standard InChI is InChI=1S/C30H30N4O2/c1-21-14-16-27(17-15-21)34-22(2)18-26(23(34)3)20-31-33-29(35)19-28(24-10-6-4-7-11-24)32-30(36)25-12-8-5-9-13-25/h4-18,20,28H,19H2,1-3H3,(H,32,36)(H,33,35)/b31-20-/t28-/m0/s1. The van der Waals surface area contributed by atoms with Crippen molar-refractivity contribution in [2.75, 3.05) is 0 Å². The van der Waals surface area contributed by atoms with Gasteiger partial charge in [-0.15, -0.1) is 0 Å². The molecular weight excluding hydrogens is 448 g/mol. The summed E-state index contributed by atoms with van der Waals surface area (Å²) in [5.74, 6) is -0.523. The molecule has 1 heterocycles. The van der Waals surface area contributed by atoms with Crippen molar-refractivity contribution in [2.45, 2.75) is 33.2 Å². The number of rotatable bonds is 8. The molecule has 0 aliphatic heterocycles. The van der Waals surface area contributed by atoms with Gasteiger partial charge in [0.05, 0.1) is 18.7 Å². The minimum absolute atomic E-state index is 0.0579. The van der Waals surface area contributed by atoms with E-state index in [2.05, 4.69) is 51.6 Å². The lowest BCUT2D eigenvalue weighted by Crippen LogP contribution is -2.32. The van der Waals surface area contributed by atoms with Crippen LogP contribution in [0.5, 0.6) is 0 Å². The zero-order valence-corrected chi connectivity index (χ0v) is 20.7. The molecule has 0 bridgehead atoms. The maximum absolute atomic E-state index is 12.8. The van der Waals surface area contributed by atoms with Gasteiger partial charge >= 0.3 is 0 Å². The second kappa shape index (κ2) is 11.3. The number of aromatic nitrogens is 1. The van der Waals surface area contributed by atoms with E-state index >= 15 is 0 Å². The van der Waals surface area contributed by atoms with E-state index < -0.39 is 6.04 Å². The van der Waals surface area contributed by atoms with Crippen molar-refractivity contribution in [3.63, 3.8) is 0 Å². The molecule has 36 heavy (non-hydrogen) atoms. The van der Waals surface area contributed by atoms with E-state index in [1.807, 2.05) is 68.4 Å². The van der Waals surface area contributed by atoms with Crippen molar-refractivity contribution in [1.82, 2.24) is 15.3 Å². The van der Waals surface area contributed by atoms with Gasteiger partial charge in [0.15, 0.2) is 0 Å². The summed E-state index contributed by atoms with van der Waals surface area (Å²) in [6.07, 6.45) is 1.72. The summed E-state index contributed by atoms with van der Waals surface area (Å²) in [5, 5.41) is 7.17. The van der Waals surface area contributed by atoms with Gasteiger partial charge in [0.25, 0.3) is 5.91 Å². The van der Waals surface area contributed by atoms with Crippen molar-refractivity contribution in [3.8, 4) is 5.69 Å². The van der Waals surface area contributed by atoms with Gasteiger partial charge in [-0.05, 0) is 56.7 Å². The Morgan fingerprint density at radius 2 is 1.53 bits per heavy atom. The molecule has 1 atom stereocenters. The van der Waals surface area contributed by atoms with E-state index in [0.717, 1.165) is 28.2 Å². The predicted molar refractivity (Wildman–Crippen MR) is 143 cm³/mol. The Hall–Kier alpha value is -4.45. The Bertz CT molecular complexity index is 1360. The van der Waals surface area contributed by atoms with Crippen molar-refractivity contribution >= 4 is 18.0 Å². The average molecular weight is 479 g/mol. The Kier molecular flexibility index (Phi) is 7.75. The van der Waals surface area contributed by atoms with Crippen LogP contribution in [0.15, 0.2) is 96.1 Å². The van der Waals surface area contributed by atoms with Crippen LogP contribution in [-0.2, 0) is 4.79 Å². The Balaban J connectivity index is 1.44. The second-order valence-electron chi connectivity index (χ2n) is 8.80. The third-order valence-electron chi connectivity index (χ3n) is 6.09. The Morgan fingerprint density at radius 1 is 0.889 bits per heavy atom. The predicted octanol–water partition coefficient (Wildman–Crippen LogP) is 5.41. The number of carbonyl (C=O) groups excluding carboxylic acids is 2. The molecular formula is C30H30N4O2. The highest BCUT2D eigenvalue weighted by Gasteiger charge is 2.19. The number of benzene rings is 3. The molecule has 0 unspecified atom stereocenters. The van der Waals surface area contributed by atoms with Crippen LogP contribution in [0.4, 0.5) is 0 Å². The summed E-state index contributed by atoms with van der Waals surface area (Å²) in [5.41, 5.74) is 9.34. The maximum atomic E-state index is 12.8. The van der Waals surface area contributed by atoms with Crippen LogP contribution < -0.4 is 10.7 Å². The summed E-state index contributed by atoms with van der Waals surface area (Å²) < 4.78 is 2.16. The molecule has 0 spiro atoms. The monoisotopic (exact) mass is 478 g/mol. The summed E-state index contributed by atoms with van der Waals surface area (Å²) >= 11 is 0. The highest BCUT2D eigenvalue weighted by molar-refractivity contribution is 5.94. The van der Waals surface area contributed by atoms with E-state index in [0.29, 0.717) is 5.56 Å². The fraction of sp³-hybridized carbons (Fsp3) is 0.167. The van der Waals surface area contributed by atoms with Crippen LogP contribution in [-0.4, -0.2) is 22.6 Å². The molecule has 6 heteroatoms. The minimum atomic E-state index is -0.485. The first-order valence-corrected chi connectivity index (χ1v) is 11.9. The number of nitrogens with zero attached hydrogens (tertiary/aromatic N) is 2. The fourth-order valence-electron chi connectivity index (χ4n) is 4.18. The molecule has 6 nitrogen and oxygen atoms in total. The van der Waals surface area contributed by atoms with Crippen LogP contribution in [0.1, 0.15) is 50.9 Å². The molecule has 0 saturated carbocycles. The van der Waals surface area contributed by atoms with E-state index in [9.17, 15) is 9.59 Å². The summed E-state index contributed by atoms with van der Waals surface area (Å²) in [7, 11) is 0. The van der Waals surface area contributed by atoms with E-state index in [1.165, 1.54) is 5.56 Å². The van der Waals surface area contributed by atoms with E-state index in [1.54, 1.807) is 18.3 Å². The molecule has 4 aromatic rings. The van der Waals surface area contributed by atoms with Gasteiger partial charge in [-0.1, -0.05) is 66.2 Å². The van der Waals surface area contributed by atoms with Crippen LogP contribution >= 0.6 is 0 Å². The zero-order chi connectivity index (χ0) is 25.5. The molecule has 4 rings (SSSR count). The number of nitrogens with one attached hydrogen (secondary N) is 2. The number of hydrogen-bond acceptors (Lipinski definition) is 3. The molecule has 1 aromatic heterocycles. The van der Waals surface area contributed by atoms with Gasteiger partial charge in [-0.2, -0.15) is 5.10 Å². The lowest BCUT2D eigenvalue weighted by atomic mass is 10.0. The van der Waals surface area contributed by atoms with Crippen LogP contribution in [0.25, 0.3) is 5.69 Å². The van der Waals surface area contributed by atoms with Crippen molar-refractivity contribution in [2.24, 2.45) is 5.10 Å². The third kappa shape index (κ3) is 5.96. The van der Waals surface area contributed by atoms with Crippen LogP contribution in [0.2, 0.25) is 0 Å². The number of carbonyl (C=O) groups is 2. The highest BCUT2D eigenvalue weighted by Crippen LogP contribution is 2.20. The van der Waals surface area contributed by atoms with Crippen molar-refractivity contribution in [3.05, 3.63) is 125 Å². The molecule has 0 aliphatic rings. The fourth-order valence-corrected chi connectivity index (χ4v) is 4.18. The van der Waals surface area contributed by atoms with Gasteiger partial charge < -0.3 is 9.88 Å². The van der Waals surface area contributed by atoms with Crippen LogP contribution in [0, 0.1) is 20.8 Å². The number of aryl methyl sites for hydroxylation is 2. The summed E-state index contributed by atoms with van der Waals surface area (Å²) in [6.45, 7) is 6.14. The Labute approximate surface area is 211 Å². The molecule has 2 amide bonds. The molecule has 0 saturated heterocycles. The molecule has 0 fully saturated rings. The topological polar surface area (TPSA) is 75.5 Å². The number of hydrazone groups is 1. The minimum Gasteiger partial charge on any atom is -0.345 e. The molecule has 0 radical (unpaired) electrons. The van der Waals surface area contributed by atoms with Gasteiger partial charge in [0.2, 0.25) is 5.91 Å². The SMILES string of the molecule is Cc1ccc(-n2c(C)cc(/C=N\NC(=O)C[C@H](NC(=O)c3ccccc3)c3ccccc3)c2C)cc1. The first-order chi connectivity index (χ1) is 17.4. The van der Waals surface area contributed by atoms with Gasteiger partial charge in [0, 0.05) is 28.2 Å². The normalized spacial score (nSPS) is 11.9. The highest BCUT2D eigenvalue weighted by atomic mass is 16.2. The van der Waals surface area contributed by atoms with Gasteiger partial charge in [-0.25, -0.2) is 5.43 Å². The molecule has 0 aliphatic carbocycles.